The predicted octanol–water partition coefficient (Wildman–Crippen LogP) is 4.32. The number of hydrogen-bond acceptors (Lipinski definition) is 2. The third-order valence-corrected chi connectivity index (χ3v) is 3.47. The van der Waals surface area contributed by atoms with Crippen molar-refractivity contribution in [2.75, 3.05) is 5.75 Å². The molecule has 0 bridgehead atoms. The van der Waals surface area contributed by atoms with E-state index >= 15 is 0 Å². The highest BCUT2D eigenvalue weighted by molar-refractivity contribution is 8.08. The third kappa shape index (κ3) is 4.61. The molecule has 0 heterocycles. The van der Waals surface area contributed by atoms with Crippen LogP contribution in [0.5, 0.6) is 0 Å². The molecule has 0 aliphatic carbocycles. The minimum Gasteiger partial charge on any atom is -0.298 e. The predicted molar refractivity (Wildman–Crippen MR) is 77.0 cm³/mol. The Kier molecular flexibility index (Phi) is 5.78. The average Bonchev–Trinajstić information content (AvgIpc) is 2.34. The minimum absolute atomic E-state index is 0.795. The van der Waals surface area contributed by atoms with Crippen molar-refractivity contribution < 1.29 is 4.79 Å². The average molecular weight is 246 g/mol. The fourth-order valence-corrected chi connectivity index (χ4v) is 2.52. The Bertz CT molecular complexity index is 425. The summed E-state index contributed by atoms with van der Waals surface area (Å²) < 4.78 is 0. The molecule has 0 saturated heterocycles. The molecule has 1 aromatic rings. The van der Waals surface area contributed by atoms with Gasteiger partial charge in [-0.25, -0.2) is 0 Å². The van der Waals surface area contributed by atoms with Crippen LogP contribution in [-0.2, 0) is 4.79 Å². The standard InChI is InChI=1S/C15H18OS/c1-12(2)9-10-17-15(13(3)11-16)14-7-5-4-6-8-14/h4-9,11H,10H2,1-3H3/b15-13-. The van der Waals surface area contributed by atoms with Gasteiger partial charge in [-0.3, -0.25) is 4.79 Å². The van der Waals surface area contributed by atoms with Crippen molar-refractivity contribution in [3.05, 3.63) is 53.1 Å². The molecule has 0 aromatic heterocycles. The van der Waals surface area contributed by atoms with Gasteiger partial charge in [0.15, 0.2) is 0 Å². The van der Waals surface area contributed by atoms with E-state index in [4.69, 9.17) is 0 Å². The molecule has 1 aromatic carbocycles. The number of allylic oxidation sites excluding steroid dienone is 2. The number of carbonyl (C=O) groups excluding carboxylic acids is 1. The van der Waals surface area contributed by atoms with Gasteiger partial charge in [0, 0.05) is 16.2 Å². The monoisotopic (exact) mass is 246 g/mol. The summed E-state index contributed by atoms with van der Waals surface area (Å²) in [4.78, 5) is 12.0. The van der Waals surface area contributed by atoms with Crippen molar-refractivity contribution >= 4 is 23.0 Å². The first kappa shape index (κ1) is 13.8. The molecule has 0 fully saturated rings. The van der Waals surface area contributed by atoms with Crippen molar-refractivity contribution in [2.45, 2.75) is 20.8 Å². The molecular weight excluding hydrogens is 228 g/mol. The van der Waals surface area contributed by atoms with Crippen LogP contribution < -0.4 is 0 Å². The molecule has 1 nitrogen and oxygen atoms in total. The summed E-state index contributed by atoms with van der Waals surface area (Å²) in [5.41, 5.74) is 3.21. The van der Waals surface area contributed by atoms with E-state index in [1.807, 2.05) is 37.3 Å². The summed E-state index contributed by atoms with van der Waals surface area (Å²) in [7, 11) is 0. The highest BCUT2D eigenvalue weighted by Gasteiger charge is 2.05. The Morgan fingerprint density at radius 1 is 1.18 bits per heavy atom. The largest absolute Gasteiger partial charge is 0.298 e. The van der Waals surface area contributed by atoms with E-state index in [-0.39, 0.29) is 0 Å². The van der Waals surface area contributed by atoms with Crippen LogP contribution >= 0.6 is 11.8 Å². The molecule has 1 rings (SSSR count). The molecule has 0 atom stereocenters. The highest BCUT2D eigenvalue weighted by Crippen LogP contribution is 2.30. The van der Waals surface area contributed by atoms with Crippen molar-refractivity contribution in [3.63, 3.8) is 0 Å². The van der Waals surface area contributed by atoms with Crippen LogP contribution in [0.2, 0.25) is 0 Å². The number of rotatable bonds is 5. The summed E-state index contributed by atoms with van der Waals surface area (Å²) in [6, 6.07) is 10.1. The fraction of sp³-hybridized carbons (Fsp3) is 0.267. The quantitative estimate of drug-likeness (QED) is 0.437. The maximum absolute atomic E-state index is 10.9. The van der Waals surface area contributed by atoms with Gasteiger partial charge in [-0.1, -0.05) is 42.0 Å². The van der Waals surface area contributed by atoms with Gasteiger partial charge in [-0.15, -0.1) is 11.8 Å². The molecule has 0 aliphatic heterocycles. The zero-order valence-electron chi connectivity index (χ0n) is 10.6. The number of carbonyl (C=O) groups is 1. The third-order valence-electron chi connectivity index (χ3n) is 2.29. The van der Waals surface area contributed by atoms with E-state index in [0.717, 1.165) is 28.1 Å². The molecule has 0 saturated carbocycles. The Balaban J connectivity index is 2.91. The molecule has 0 amide bonds. The SMILES string of the molecule is CC(C)=CCS/C(=C(/C)C=O)c1ccccc1. The van der Waals surface area contributed by atoms with Crippen LogP contribution in [0.4, 0.5) is 0 Å². The molecule has 90 valence electrons. The van der Waals surface area contributed by atoms with E-state index in [1.54, 1.807) is 11.8 Å². The van der Waals surface area contributed by atoms with E-state index in [0.29, 0.717) is 0 Å². The number of hydrogen-bond donors (Lipinski definition) is 0. The lowest BCUT2D eigenvalue weighted by molar-refractivity contribution is -0.104. The van der Waals surface area contributed by atoms with Crippen LogP contribution in [0.25, 0.3) is 4.91 Å². The second-order valence-corrected chi connectivity index (χ2v) is 5.12. The Labute approximate surface area is 108 Å². The lowest BCUT2D eigenvalue weighted by Gasteiger charge is -2.08. The van der Waals surface area contributed by atoms with Crippen molar-refractivity contribution in [3.8, 4) is 0 Å². The normalized spacial score (nSPS) is 11.7. The van der Waals surface area contributed by atoms with E-state index in [2.05, 4.69) is 19.9 Å². The van der Waals surface area contributed by atoms with E-state index in [9.17, 15) is 4.79 Å². The lowest BCUT2D eigenvalue weighted by Crippen LogP contribution is -1.88. The molecule has 0 N–H and O–H groups in total. The Hall–Kier alpha value is -1.28. The van der Waals surface area contributed by atoms with Crippen LogP contribution in [0.3, 0.4) is 0 Å². The van der Waals surface area contributed by atoms with Crippen LogP contribution in [0, 0.1) is 0 Å². The Morgan fingerprint density at radius 2 is 1.82 bits per heavy atom. The second kappa shape index (κ2) is 7.13. The van der Waals surface area contributed by atoms with Gasteiger partial charge < -0.3 is 0 Å². The van der Waals surface area contributed by atoms with Crippen molar-refractivity contribution in [1.29, 1.82) is 0 Å². The molecule has 0 spiro atoms. The molecular formula is C15H18OS. The summed E-state index contributed by atoms with van der Waals surface area (Å²) >= 11 is 1.71. The van der Waals surface area contributed by atoms with Gasteiger partial charge in [0.05, 0.1) is 0 Å². The van der Waals surface area contributed by atoms with Gasteiger partial charge in [0.25, 0.3) is 0 Å². The second-order valence-electron chi connectivity index (χ2n) is 4.09. The zero-order valence-corrected chi connectivity index (χ0v) is 11.4. The highest BCUT2D eigenvalue weighted by atomic mass is 32.2. The minimum atomic E-state index is 0.795. The lowest BCUT2D eigenvalue weighted by atomic mass is 10.1. The van der Waals surface area contributed by atoms with Crippen LogP contribution in [0.15, 0.2) is 47.6 Å². The van der Waals surface area contributed by atoms with Gasteiger partial charge >= 0.3 is 0 Å². The summed E-state index contributed by atoms with van der Waals surface area (Å²) in [5.74, 6) is 0.901. The zero-order chi connectivity index (χ0) is 12.7. The number of aldehydes is 1. The summed E-state index contributed by atoms with van der Waals surface area (Å²) in [6.45, 7) is 6.03. The molecule has 0 radical (unpaired) electrons. The Morgan fingerprint density at radius 3 is 2.35 bits per heavy atom. The van der Waals surface area contributed by atoms with E-state index < -0.39 is 0 Å². The first-order chi connectivity index (χ1) is 8.15. The molecule has 2 heteroatoms. The number of thioether (sulfide) groups is 1. The van der Waals surface area contributed by atoms with Gasteiger partial charge in [-0.2, -0.15) is 0 Å². The van der Waals surface area contributed by atoms with E-state index in [1.165, 1.54) is 5.57 Å². The molecule has 0 unspecified atom stereocenters. The topological polar surface area (TPSA) is 17.1 Å². The van der Waals surface area contributed by atoms with Gasteiger partial charge in [-0.05, 0) is 26.3 Å². The number of benzene rings is 1. The summed E-state index contributed by atoms with van der Waals surface area (Å²) in [5, 5.41) is 0. The first-order valence-corrected chi connectivity index (χ1v) is 6.61. The smallest absolute Gasteiger partial charge is 0.146 e. The van der Waals surface area contributed by atoms with Crippen molar-refractivity contribution in [2.24, 2.45) is 0 Å². The van der Waals surface area contributed by atoms with Crippen LogP contribution in [-0.4, -0.2) is 12.0 Å². The molecule has 17 heavy (non-hydrogen) atoms. The maximum Gasteiger partial charge on any atom is 0.146 e. The fourth-order valence-electron chi connectivity index (χ4n) is 1.36. The summed E-state index contributed by atoms with van der Waals surface area (Å²) in [6.07, 6.45) is 3.10. The van der Waals surface area contributed by atoms with Crippen LogP contribution in [0.1, 0.15) is 26.3 Å². The van der Waals surface area contributed by atoms with Gasteiger partial charge in [0.1, 0.15) is 6.29 Å². The molecule has 0 aliphatic rings. The van der Waals surface area contributed by atoms with Crippen molar-refractivity contribution in [1.82, 2.24) is 0 Å². The maximum atomic E-state index is 10.9. The first-order valence-electron chi connectivity index (χ1n) is 5.62. The van der Waals surface area contributed by atoms with Gasteiger partial charge in [0.2, 0.25) is 0 Å².